The number of aromatic carboxylic acids is 1. The van der Waals surface area contributed by atoms with Crippen molar-refractivity contribution in [3.63, 3.8) is 0 Å². The van der Waals surface area contributed by atoms with Crippen LogP contribution in [0.15, 0.2) is 24.3 Å². The molecule has 0 unspecified atom stereocenters. The molecular weight excluding hydrogens is 282 g/mol. The van der Waals surface area contributed by atoms with E-state index in [0.29, 0.717) is 0 Å². The third kappa shape index (κ3) is 4.02. The summed E-state index contributed by atoms with van der Waals surface area (Å²) in [7, 11) is -4.16. The van der Waals surface area contributed by atoms with Crippen molar-refractivity contribution in [3.8, 4) is 0 Å². The molecule has 0 spiro atoms. The second kappa shape index (κ2) is 5.85. The average molecular weight is 291 g/mol. The monoisotopic (exact) mass is 291 g/mol. The van der Waals surface area contributed by atoms with E-state index in [1.807, 2.05) is 4.13 Å². The second-order valence-electron chi connectivity index (χ2n) is 2.99. The van der Waals surface area contributed by atoms with E-state index in [1.54, 1.807) is 0 Å². The van der Waals surface area contributed by atoms with E-state index >= 15 is 0 Å². The van der Waals surface area contributed by atoms with Gasteiger partial charge in [-0.25, -0.2) is 9.59 Å². The van der Waals surface area contributed by atoms with Gasteiger partial charge >= 0.3 is 22.2 Å². The number of carbonyl (C=O) groups is 2. The van der Waals surface area contributed by atoms with Gasteiger partial charge in [-0.05, 0) is 30.5 Å². The van der Waals surface area contributed by atoms with Crippen molar-refractivity contribution in [3.05, 3.63) is 35.4 Å². The first-order valence-electron chi connectivity index (χ1n) is 4.47. The van der Waals surface area contributed by atoms with Gasteiger partial charge < -0.3 is 9.29 Å². The Morgan fingerprint density at radius 3 is 2.17 bits per heavy atom. The van der Waals surface area contributed by atoms with E-state index in [0.717, 1.165) is 11.9 Å². The van der Waals surface area contributed by atoms with Crippen LogP contribution in [-0.2, 0) is 14.5 Å². The van der Waals surface area contributed by atoms with Gasteiger partial charge in [0.25, 0.3) is 0 Å². The number of nitrogens with one attached hydrogen (secondary N) is 1. The lowest BCUT2D eigenvalue weighted by Gasteiger charge is -2.04. The topological polar surface area (TPSA) is 110 Å². The van der Waals surface area contributed by atoms with Crippen LogP contribution in [0.4, 0.5) is 0 Å². The lowest BCUT2D eigenvalue weighted by Crippen LogP contribution is -2.22. The molecule has 0 radical (unpaired) electrons. The summed E-state index contributed by atoms with van der Waals surface area (Å²) in [5, 5.41) is 8.65. The third-order valence-corrected chi connectivity index (χ3v) is 3.59. The highest BCUT2D eigenvalue weighted by atomic mass is 32.3. The van der Waals surface area contributed by atoms with Crippen molar-refractivity contribution in [1.29, 1.82) is 0 Å². The van der Waals surface area contributed by atoms with Crippen LogP contribution >= 0.6 is 11.9 Å². The summed E-state index contributed by atoms with van der Waals surface area (Å²) in [6.07, 6.45) is 1.45. The summed E-state index contributed by atoms with van der Waals surface area (Å²) >= 11 is 0.759. The Labute approximate surface area is 108 Å². The van der Waals surface area contributed by atoms with Crippen molar-refractivity contribution in [2.24, 2.45) is 0 Å². The number of carboxylic acid groups (broad SMARTS) is 1. The molecule has 0 saturated heterocycles. The Kier molecular flexibility index (Phi) is 4.70. The highest BCUT2D eigenvalue weighted by molar-refractivity contribution is 8.07. The minimum atomic E-state index is -4.16. The average Bonchev–Trinajstić information content (AvgIpc) is 2.28. The predicted molar refractivity (Wildman–Crippen MR) is 64.4 cm³/mol. The molecular formula is C9H9NO6S2. The van der Waals surface area contributed by atoms with Crippen LogP contribution in [0.2, 0.25) is 0 Å². The van der Waals surface area contributed by atoms with Gasteiger partial charge in [-0.15, -0.1) is 4.13 Å². The van der Waals surface area contributed by atoms with Gasteiger partial charge in [0, 0.05) is 0 Å². The molecule has 0 heterocycles. The summed E-state index contributed by atoms with van der Waals surface area (Å²) < 4.78 is 28.4. The van der Waals surface area contributed by atoms with Crippen LogP contribution in [-0.4, -0.2) is 31.7 Å². The summed E-state index contributed by atoms with van der Waals surface area (Å²) in [5.74, 6) is -2.24. The van der Waals surface area contributed by atoms with E-state index in [9.17, 15) is 18.0 Å². The highest BCUT2D eigenvalue weighted by Crippen LogP contribution is 2.08. The van der Waals surface area contributed by atoms with E-state index in [-0.39, 0.29) is 11.1 Å². The van der Waals surface area contributed by atoms with Crippen molar-refractivity contribution in [1.82, 2.24) is 4.13 Å². The number of carbonyl (C=O) groups excluding carboxylic acids is 1. The van der Waals surface area contributed by atoms with Crippen LogP contribution < -0.4 is 4.13 Å². The van der Waals surface area contributed by atoms with Crippen LogP contribution in [0, 0.1) is 0 Å². The quantitative estimate of drug-likeness (QED) is 0.766. The minimum absolute atomic E-state index is 0.0170. The standard InChI is InChI=1S/C9H9NO6S2/c1-17-10-18(14,15)16-9(13)7-4-2-6(3-5-7)8(11)12/h2-5,10H,1H3,(H,11,12). The first-order chi connectivity index (χ1) is 8.35. The van der Waals surface area contributed by atoms with Gasteiger partial charge in [0.15, 0.2) is 0 Å². The fourth-order valence-corrected chi connectivity index (χ4v) is 2.26. The maximum atomic E-state index is 11.4. The van der Waals surface area contributed by atoms with Crippen molar-refractivity contribution in [2.75, 3.05) is 6.26 Å². The zero-order chi connectivity index (χ0) is 13.8. The number of benzene rings is 1. The summed E-state index contributed by atoms with van der Waals surface area (Å²) in [5.41, 5.74) is -0.0804. The molecule has 0 aliphatic heterocycles. The van der Waals surface area contributed by atoms with Gasteiger partial charge in [-0.2, -0.15) is 8.42 Å². The van der Waals surface area contributed by atoms with Gasteiger partial charge in [-0.1, -0.05) is 11.9 Å². The Balaban J connectivity index is 2.82. The van der Waals surface area contributed by atoms with Crippen molar-refractivity contribution in [2.45, 2.75) is 0 Å². The number of carboxylic acids is 1. The highest BCUT2D eigenvalue weighted by Gasteiger charge is 2.18. The molecule has 1 aromatic rings. The van der Waals surface area contributed by atoms with E-state index in [4.69, 9.17) is 5.11 Å². The van der Waals surface area contributed by atoms with Gasteiger partial charge in [-0.3, -0.25) is 0 Å². The van der Waals surface area contributed by atoms with E-state index in [1.165, 1.54) is 30.5 Å². The molecule has 0 aliphatic rings. The Morgan fingerprint density at radius 2 is 1.72 bits per heavy atom. The first kappa shape index (κ1) is 14.5. The Hall–Kier alpha value is -1.58. The van der Waals surface area contributed by atoms with E-state index in [2.05, 4.69) is 4.18 Å². The normalized spacial score (nSPS) is 10.9. The molecule has 0 aromatic heterocycles. The molecule has 1 aromatic carbocycles. The lowest BCUT2D eigenvalue weighted by molar-refractivity contribution is 0.0692. The van der Waals surface area contributed by atoms with E-state index < -0.39 is 22.2 Å². The maximum absolute atomic E-state index is 11.4. The number of hydrogen-bond acceptors (Lipinski definition) is 6. The zero-order valence-electron chi connectivity index (χ0n) is 9.11. The van der Waals surface area contributed by atoms with Crippen LogP contribution in [0.1, 0.15) is 20.7 Å². The first-order valence-corrected chi connectivity index (χ1v) is 7.11. The molecule has 0 aliphatic carbocycles. The molecule has 0 saturated carbocycles. The van der Waals surface area contributed by atoms with Gasteiger partial charge in [0.05, 0.1) is 11.1 Å². The molecule has 98 valence electrons. The molecule has 2 N–H and O–H groups in total. The minimum Gasteiger partial charge on any atom is -0.478 e. The molecule has 7 nitrogen and oxygen atoms in total. The molecule has 1 rings (SSSR count). The molecule has 18 heavy (non-hydrogen) atoms. The second-order valence-corrected chi connectivity index (χ2v) is 5.14. The summed E-state index contributed by atoms with van der Waals surface area (Å²) in [6.45, 7) is 0. The molecule has 0 amide bonds. The molecule has 0 atom stereocenters. The summed E-state index contributed by atoms with van der Waals surface area (Å²) in [6, 6.07) is 4.68. The van der Waals surface area contributed by atoms with Crippen molar-refractivity contribution < 1.29 is 27.3 Å². The molecule has 9 heteroatoms. The van der Waals surface area contributed by atoms with Crippen LogP contribution in [0.5, 0.6) is 0 Å². The lowest BCUT2D eigenvalue weighted by atomic mass is 10.1. The zero-order valence-corrected chi connectivity index (χ0v) is 10.7. The fraction of sp³-hybridized carbons (Fsp3) is 0.111. The molecule has 0 fully saturated rings. The van der Waals surface area contributed by atoms with Gasteiger partial charge in [0.1, 0.15) is 0 Å². The number of rotatable bonds is 5. The SMILES string of the molecule is CSNS(=O)(=O)OC(=O)c1ccc(C(=O)O)cc1. The van der Waals surface area contributed by atoms with Crippen molar-refractivity contribution >= 4 is 34.2 Å². The number of hydrogen-bond donors (Lipinski definition) is 2. The summed E-state index contributed by atoms with van der Waals surface area (Å²) in [4.78, 5) is 22.0. The van der Waals surface area contributed by atoms with Gasteiger partial charge in [0.2, 0.25) is 0 Å². The smallest absolute Gasteiger partial charge is 0.394 e. The predicted octanol–water partition coefficient (Wildman–Crippen LogP) is 0.654. The third-order valence-electron chi connectivity index (χ3n) is 1.74. The van der Waals surface area contributed by atoms with Crippen LogP contribution in [0.25, 0.3) is 0 Å². The largest absolute Gasteiger partial charge is 0.478 e. The fourth-order valence-electron chi connectivity index (χ4n) is 1.02. The van der Waals surface area contributed by atoms with Crippen LogP contribution in [0.3, 0.4) is 0 Å². The Bertz CT molecular complexity index is 551. The Morgan fingerprint density at radius 1 is 1.22 bits per heavy atom. The molecule has 0 bridgehead atoms. The maximum Gasteiger partial charge on any atom is 0.394 e.